The quantitative estimate of drug-likeness (QED) is 0.737. The van der Waals surface area contributed by atoms with Crippen molar-refractivity contribution in [2.75, 3.05) is 10.6 Å². The molecule has 2 heterocycles. The molecule has 10 heteroatoms. The van der Waals surface area contributed by atoms with E-state index in [9.17, 15) is 9.59 Å². The third-order valence-corrected chi connectivity index (χ3v) is 3.99. The molecule has 2 aromatic heterocycles. The number of rotatable bonds is 4. The second-order valence-corrected chi connectivity index (χ2v) is 5.99. The number of carbonyl (C=O) groups excluding carboxylic acids is 2. The van der Waals surface area contributed by atoms with Crippen molar-refractivity contribution in [1.82, 2.24) is 15.4 Å². The maximum absolute atomic E-state index is 12.1. The van der Waals surface area contributed by atoms with Crippen LogP contribution < -0.4 is 10.6 Å². The lowest BCUT2D eigenvalue weighted by Gasteiger charge is -1.97. The highest BCUT2D eigenvalue weighted by molar-refractivity contribution is 7.18. The van der Waals surface area contributed by atoms with Crippen LogP contribution in [0.5, 0.6) is 0 Å². The predicted octanol–water partition coefficient (Wildman–Crippen LogP) is 3.06. The first-order chi connectivity index (χ1) is 11.5. The van der Waals surface area contributed by atoms with Crippen molar-refractivity contribution in [2.24, 2.45) is 0 Å². The number of benzene rings is 1. The number of anilines is 2. The number of nitrogens with one attached hydrogen (secondary N) is 2. The molecule has 2 N–H and O–H groups in total. The molecule has 0 bridgehead atoms. The van der Waals surface area contributed by atoms with Crippen LogP contribution in [-0.2, 0) is 4.79 Å². The molecule has 0 fully saturated rings. The Kier molecular flexibility index (Phi) is 4.54. The first-order valence-corrected chi connectivity index (χ1v) is 7.86. The summed E-state index contributed by atoms with van der Waals surface area (Å²) in [4.78, 5) is 23.0. The second-order valence-electron chi connectivity index (χ2n) is 4.60. The van der Waals surface area contributed by atoms with Crippen LogP contribution in [0, 0.1) is 0 Å². The third-order valence-electron chi connectivity index (χ3n) is 2.79. The third kappa shape index (κ3) is 3.58. The summed E-state index contributed by atoms with van der Waals surface area (Å²) in [5.41, 5.74) is 0.727. The van der Waals surface area contributed by atoms with E-state index in [1.165, 1.54) is 24.3 Å². The van der Waals surface area contributed by atoms with Crippen molar-refractivity contribution < 1.29 is 14.1 Å². The standard InChI is InChI=1S/C14H10ClN5O3S/c1-7(21)16-11-6-10(23-20-11)12(22)17-14-19-18-13(24-14)8-4-2-3-5-9(8)15/h2-6H,1H3,(H,16,20,21)(H,17,19,22). The summed E-state index contributed by atoms with van der Waals surface area (Å²) >= 11 is 7.28. The van der Waals surface area contributed by atoms with Crippen LogP contribution in [-0.4, -0.2) is 27.2 Å². The Morgan fingerprint density at radius 1 is 1.21 bits per heavy atom. The topological polar surface area (TPSA) is 110 Å². The van der Waals surface area contributed by atoms with Crippen LogP contribution in [0.1, 0.15) is 17.5 Å². The van der Waals surface area contributed by atoms with E-state index in [-0.39, 0.29) is 22.6 Å². The van der Waals surface area contributed by atoms with E-state index in [0.717, 1.165) is 5.56 Å². The van der Waals surface area contributed by atoms with Gasteiger partial charge in [-0.1, -0.05) is 46.3 Å². The fourth-order valence-corrected chi connectivity index (χ4v) is 2.86. The average Bonchev–Trinajstić information content (AvgIpc) is 3.17. The summed E-state index contributed by atoms with van der Waals surface area (Å²) in [5.74, 6) is -0.778. The SMILES string of the molecule is CC(=O)Nc1cc(C(=O)Nc2nnc(-c3ccccc3Cl)s2)on1. The molecule has 3 aromatic rings. The molecule has 24 heavy (non-hydrogen) atoms. The number of hydrogen-bond donors (Lipinski definition) is 2. The summed E-state index contributed by atoms with van der Waals surface area (Å²) < 4.78 is 4.87. The molecule has 0 aliphatic carbocycles. The van der Waals surface area contributed by atoms with E-state index < -0.39 is 5.91 Å². The van der Waals surface area contributed by atoms with Crippen molar-refractivity contribution in [3.05, 3.63) is 41.1 Å². The highest BCUT2D eigenvalue weighted by Gasteiger charge is 2.17. The van der Waals surface area contributed by atoms with Gasteiger partial charge in [-0.05, 0) is 6.07 Å². The zero-order valence-electron chi connectivity index (χ0n) is 12.2. The molecule has 0 aliphatic heterocycles. The minimum atomic E-state index is -0.555. The van der Waals surface area contributed by atoms with Gasteiger partial charge >= 0.3 is 0 Å². The van der Waals surface area contributed by atoms with Crippen molar-refractivity contribution in [1.29, 1.82) is 0 Å². The monoisotopic (exact) mass is 363 g/mol. The predicted molar refractivity (Wildman–Crippen MR) is 89.1 cm³/mol. The van der Waals surface area contributed by atoms with Crippen LogP contribution >= 0.6 is 22.9 Å². The Morgan fingerprint density at radius 3 is 2.75 bits per heavy atom. The fraction of sp³-hybridized carbons (Fsp3) is 0.0714. The molecule has 0 spiro atoms. The molecular formula is C14H10ClN5O3S. The van der Waals surface area contributed by atoms with Gasteiger partial charge in [0.25, 0.3) is 5.91 Å². The van der Waals surface area contributed by atoms with Crippen molar-refractivity contribution in [2.45, 2.75) is 6.92 Å². The molecule has 3 rings (SSSR count). The van der Waals surface area contributed by atoms with E-state index in [2.05, 4.69) is 26.0 Å². The van der Waals surface area contributed by atoms with Gasteiger partial charge in [0.2, 0.25) is 16.8 Å². The number of nitrogens with zero attached hydrogens (tertiary/aromatic N) is 3. The highest BCUT2D eigenvalue weighted by Crippen LogP contribution is 2.31. The fourth-order valence-electron chi connectivity index (χ4n) is 1.80. The summed E-state index contributed by atoms with van der Waals surface area (Å²) in [6, 6.07) is 8.51. The van der Waals surface area contributed by atoms with Gasteiger partial charge in [0, 0.05) is 18.6 Å². The lowest BCUT2D eigenvalue weighted by molar-refractivity contribution is -0.114. The maximum Gasteiger partial charge on any atom is 0.296 e. The molecule has 0 aliphatic rings. The Balaban J connectivity index is 1.73. The molecule has 122 valence electrons. The molecule has 0 saturated heterocycles. The molecule has 0 unspecified atom stereocenters. The molecule has 8 nitrogen and oxygen atoms in total. The van der Waals surface area contributed by atoms with Crippen LogP contribution in [0.4, 0.5) is 10.9 Å². The van der Waals surface area contributed by atoms with Crippen molar-refractivity contribution in [3.63, 3.8) is 0 Å². The van der Waals surface area contributed by atoms with E-state index in [1.807, 2.05) is 18.2 Å². The smallest absolute Gasteiger partial charge is 0.296 e. The van der Waals surface area contributed by atoms with Gasteiger partial charge in [0.15, 0.2) is 10.8 Å². The first-order valence-electron chi connectivity index (χ1n) is 6.67. The first kappa shape index (κ1) is 16.1. The van der Waals surface area contributed by atoms with Crippen LogP contribution in [0.3, 0.4) is 0 Å². The Bertz CT molecular complexity index is 907. The molecule has 1 aromatic carbocycles. The van der Waals surface area contributed by atoms with E-state index >= 15 is 0 Å². The van der Waals surface area contributed by atoms with Gasteiger partial charge in [-0.2, -0.15) is 0 Å². The van der Waals surface area contributed by atoms with Crippen LogP contribution in [0.25, 0.3) is 10.6 Å². The summed E-state index contributed by atoms with van der Waals surface area (Å²) in [7, 11) is 0. The zero-order chi connectivity index (χ0) is 17.1. The number of aromatic nitrogens is 3. The van der Waals surface area contributed by atoms with Crippen LogP contribution in [0.15, 0.2) is 34.9 Å². The van der Waals surface area contributed by atoms with Gasteiger partial charge in [-0.15, -0.1) is 10.2 Å². The zero-order valence-corrected chi connectivity index (χ0v) is 13.8. The van der Waals surface area contributed by atoms with E-state index in [4.69, 9.17) is 16.1 Å². The number of halogens is 1. The van der Waals surface area contributed by atoms with Gasteiger partial charge in [0.1, 0.15) is 0 Å². The van der Waals surface area contributed by atoms with Crippen molar-refractivity contribution in [3.8, 4) is 10.6 Å². The molecule has 0 atom stereocenters. The van der Waals surface area contributed by atoms with Gasteiger partial charge < -0.3 is 9.84 Å². The van der Waals surface area contributed by atoms with Gasteiger partial charge in [-0.3, -0.25) is 14.9 Å². The number of amides is 2. The van der Waals surface area contributed by atoms with Gasteiger partial charge in [0.05, 0.1) is 5.02 Å². The Labute approximate surface area is 144 Å². The summed E-state index contributed by atoms with van der Waals surface area (Å²) in [6.45, 7) is 1.33. The molecular weight excluding hydrogens is 354 g/mol. The minimum Gasteiger partial charge on any atom is -0.349 e. The lowest BCUT2D eigenvalue weighted by atomic mass is 10.2. The number of carbonyl (C=O) groups is 2. The summed E-state index contributed by atoms with van der Waals surface area (Å²) in [5, 5.41) is 17.8. The second kappa shape index (κ2) is 6.77. The lowest BCUT2D eigenvalue weighted by Crippen LogP contribution is -2.10. The normalized spacial score (nSPS) is 10.4. The molecule has 2 amide bonds. The maximum atomic E-state index is 12.1. The van der Waals surface area contributed by atoms with E-state index in [0.29, 0.717) is 10.0 Å². The molecule has 0 saturated carbocycles. The minimum absolute atomic E-state index is 0.0618. The van der Waals surface area contributed by atoms with E-state index in [1.54, 1.807) is 6.07 Å². The highest BCUT2D eigenvalue weighted by atomic mass is 35.5. The van der Waals surface area contributed by atoms with Crippen LogP contribution in [0.2, 0.25) is 5.02 Å². The Hall–Kier alpha value is -2.78. The van der Waals surface area contributed by atoms with Crippen molar-refractivity contribution >= 4 is 45.7 Å². The summed E-state index contributed by atoms with van der Waals surface area (Å²) in [6.07, 6.45) is 0. The Morgan fingerprint density at radius 2 is 2.00 bits per heavy atom. The van der Waals surface area contributed by atoms with Gasteiger partial charge in [-0.25, -0.2) is 0 Å². The largest absolute Gasteiger partial charge is 0.349 e. The molecule has 0 radical (unpaired) electrons. The average molecular weight is 364 g/mol. The number of hydrogen-bond acceptors (Lipinski definition) is 7.